The van der Waals surface area contributed by atoms with Gasteiger partial charge in [-0.1, -0.05) is 6.07 Å². The standard InChI is InChI=1S/C13H15NO4/c1-14(8-15)13(12(16)17)6-5-9-3-4-10(18-2)7-11(9)13/h3-4,7-8H,5-6H2,1-2H3,(H,16,17). The van der Waals surface area contributed by atoms with E-state index in [1.807, 2.05) is 6.07 Å². The second-order valence-electron chi connectivity index (χ2n) is 4.40. The number of amides is 1. The summed E-state index contributed by atoms with van der Waals surface area (Å²) < 4.78 is 5.13. The fourth-order valence-corrected chi connectivity index (χ4v) is 2.57. The van der Waals surface area contributed by atoms with Crippen LogP contribution in [0.2, 0.25) is 0 Å². The van der Waals surface area contributed by atoms with Crippen LogP contribution >= 0.6 is 0 Å². The largest absolute Gasteiger partial charge is 0.497 e. The number of ether oxygens (including phenoxy) is 1. The molecule has 5 heteroatoms. The number of benzene rings is 1. The summed E-state index contributed by atoms with van der Waals surface area (Å²) in [4.78, 5) is 23.9. The van der Waals surface area contributed by atoms with Crippen LogP contribution in [0.15, 0.2) is 18.2 Å². The smallest absolute Gasteiger partial charge is 0.334 e. The molecule has 0 heterocycles. The number of carboxylic acid groups (broad SMARTS) is 1. The SMILES string of the molecule is COc1ccc2c(c1)C(C(=O)O)(N(C)C=O)CC2. The molecule has 1 aliphatic carbocycles. The topological polar surface area (TPSA) is 66.8 Å². The quantitative estimate of drug-likeness (QED) is 0.809. The lowest BCUT2D eigenvalue weighted by atomic mass is 9.90. The Balaban J connectivity index is 2.61. The predicted octanol–water partition coefficient (Wildman–Crippen LogP) is 1.01. The number of hydrogen-bond donors (Lipinski definition) is 1. The maximum atomic E-state index is 11.6. The zero-order chi connectivity index (χ0) is 13.3. The van der Waals surface area contributed by atoms with Gasteiger partial charge in [0.2, 0.25) is 6.41 Å². The second kappa shape index (κ2) is 4.33. The summed E-state index contributed by atoms with van der Waals surface area (Å²) in [5, 5.41) is 9.53. The van der Waals surface area contributed by atoms with E-state index in [0.717, 1.165) is 5.56 Å². The Morgan fingerprint density at radius 2 is 2.28 bits per heavy atom. The zero-order valence-electron chi connectivity index (χ0n) is 10.3. The molecule has 0 aromatic heterocycles. The van der Waals surface area contributed by atoms with Gasteiger partial charge in [0, 0.05) is 7.05 Å². The van der Waals surface area contributed by atoms with Crippen LogP contribution in [0, 0.1) is 0 Å². The highest BCUT2D eigenvalue weighted by molar-refractivity contribution is 5.85. The molecule has 0 saturated carbocycles. The van der Waals surface area contributed by atoms with Crippen molar-refractivity contribution in [1.82, 2.24) is 4.90 Å². The van der Waals surface area contributed by atoms with Crippen LogP contribution in [0.4, 0.5) is 0 Å². The fourth-order valence-electron chi connectivity index (χ4n) is 2.57. The van der Waals surface area contributed by atoms with Crippen molar-refractivity contribution in [2.45, 2.75) is 18.4 Å². The lowest BCUT2D eigenvalue weighted by Crippen LogP contribution is -2.48. The minimum absolute atomic E-state index is 0.389. The molecule has 1 amide bonds. The molecule has 18 heavy (non-hydrogen) atoms. The van der Waals surface area contributed by atoms with Crippen LogP contribution in [0.5, 0.6) is 5.75 Å². The van der Waals surface area contributed by atoms with Crippen molar-refractivity contribution in [3.63, 3.8) is 0 Å². The molecule has 0 aliphatic heterocycles. The van der Waals surface area contributed by atoms with Crippen molar-refractivity contribution < 1.29 is 19.4 Å². The van der Waals surface area contributed by atoms with E-state index in [2.05, 4.69) is 0 Å². The van der Waals surface area contributed by atoms with Crippen molar-refractivity contribution in [2.75, 3.05) is 14.2 Å². The molecule has 0 bridgehead atoms. The number of methoxy groups -OCH3 is 1. The third-order valence-electron chi connectivity index (χ3n) is 3.63. The van der Waals surface area contributed by atoms with Gasteiger partial charge in [0.1, 0.15) is 5.75 Å². The number of carboxylic acids is 1. The number of aliphatic carboxylic acids is 1. The molecular weight excluding hydrogens is 234 g/mol. The first-order chi connectivity index (χ1) is 8.56. The van der Waals surface area contributed by atoms with Crippen molar-refractivity contribution in [1.29, 1.82) is 0 Å². The number of nitrogens with zero attached hydrogens (tertiary/aromatic N) is 1. The molecule has 2 rings (SSSR count). The molecule has 1 aliphatic rings. The fraction of sp³-hybridized carbons (Fsp3) is 0.385. The van der Waals surface area contributed by atoms with Crippen LogP contribution in [0.1, 0.15) is 17.5 Å². The minimum atomic E-state index is -1.27. The summed E-state index contributed by atoms with van der Waals surface area (Å²) >= 11 is 0. The Bertz CT molecular complexity index is 500. The van der Waals surface area contributed by atoms with E-state index in [1.54, 1.807) is 12.1 Å². The maximum absolute atomic E-state index is 11.6. The van der Waals surface area contributed by atoms with Crippen molar-refractivity contribution in [3.8, 4) is 5.75 Å². The Morgan fingerprint density at radius 1 is 1.56 bits per heavy atom. The van der Waals surface area contributed by atoms with Gasteiger partial charge in [-0.3, -0.25) is 4.79 Å². The lowest BCUT2D eigenvalue weighted by Gasteiger charge is -2.33. The van der Waals surface area contributed by atoms with E-state index >= 15 is 0 Å². The van der Waals surface area contributed by atoms with Gasteiger partial charge in [-0.25, -0.2) is 4.79 Å². The van der Waals surface area contributed by atoms with E-state index < -0.39 is 11.5 Å². The van der Waals surface area contributed by atoms with Gasteiger partial charge in [0.15, 0.2) is 5.54 Å². The van der Waals surface area contributed by atoms with Crippen LogP contribution in [-0.4, -0.2) is 36.5 Å². The lowest BCUT2D eigenvalue weighted by molar-refractivity contribution is -0.154. The summed E-state index contributed by atoms with van der Waals surface area (Å²) in [6.07, 6.45) is 1.59. The highest BCUT2D eigenvalue weighted by atomic mass is 16.5. The highest BCUT2D eigenvalue weighted by Gasteiger charge is 2.49. The third kappa shape index (κ3) is 1.54. The van der Waals surface area contributed by atoms with E-state index in [1.165, 1.54) is 19.1 Å². The van der Waals surface area contributed by atoms with E-state index in [9.17, 15) is 14.7 Å². The molecule has 1 aromatic carbocycles. The van der Waals surface area contributed by atoms with Gasteiger partial charge in [0.05, 0.1) is 7.11 Å². The van der Waals surface area contributed by atoms with Crippen LogP contribution in [0.25, 0.3) is 0 Å². The molecule has 0 radical (unpaired) electrons. The second-order valence-corrected chi connectivity index (χ2v) is 4.40. The Hall–Kier alpha value is -2.04. The Morgan fingerprint density at radius 3 is 2.83 bits per heavy atom. The maximum Gasteiger partial charge on any atom is 0.334 e. The normalized spacial score (nSPS) is 21.2. The number of aryl methyl sites for hydroxylation is 1. The average Bonchev–Trinajstić information content (AvgIpc) is 2.77. The zero-order valence-corrected chi connectivity index (χ0v) is 10.3. The molecule has 1 N–H and O–H groups in total. The number of fused-ring (bicyclic) bond motifs is 1. The van der Waals surface area contributed by atoms with Crippen molar-refractivity contribution >= 4 is 12.4 Å². The van der Waals surface area contributed by atoms with Gasteiger partial charge in [0.25, 0.3) is 0 Å². The monoisotopic (exact) mass is 249 g/mol. The van der Waals surface area contributed by atoms with E-state index in [0.29, 0.717) is 30.6 Å². The average molecular weight is 249 g/mol. The molecule has 0 saturated heterocycles. The highest BCUT2D eigenvalue weighted by Crippen LogP contribution is 2.42. The third-order valence-corrected chi connectivity index (χ3v) is 3.63. The molecule has 1 atom stereocenters. The van der Waals surface area contributed by atoms with E-state index in [4.69, 9.17) is 4.74 Å². The minimum Gasteiger partial charge on any atom is -0.497 e. The summed E-state index contributed by atoms with van der Waals surface area (Å²) in [5.41, 5.74) is 0.321. The number of rotatable bonds is 4. The van der Waals surface area contributed by atoms with Gasteiger partial charge < -0.3 is 14.7 Å². The Kier molecular flexibility index (Phi) is 2.98. The number of carbonyl (C=O) groups excluding carboxylic acids is 1. The molecule has 5 nitrogen and oxygen atoms in total. The first-order valence-corrected chi connectivity index (χ1v) is 5.65. The molecule has 0 spiro atoms. The van der Waals surface area contributed by atoms with Crippen molar-refractivity contribution in [2.24, 2.45) is 0 Å². The van der Waals surface area contributed by atoms with Gasteiger partial charge >= 0.3 is 5.97 Å². The van der Waals surface area contributed by atoms with Crippen LogP contribution < -0.4 is 4.74 Å². The number of likely N-dealkylation sites (N-methyl/N-ethyl adjacent to an activating group) is 1. The predicted molar refractivity (Wildman–Crippen MR) is 64.5 cm³/mol. The molecular formula is C13H15NO4. The molecule has 1 unspecified atom stereocenters. The summed E-state index contributed by atoms with van der Waals surface area (Å²) in [6, 6.07) is 5.37. The summed E-state index contributed by atoms with van der Waals surface area (Å²) in [6.45, 7) is 0. The number of carbonyl (C=O) groups is 2. The first kappa shape index (κ1) is 12.4. The molecule has 0 fully saturated rings. The van der Waals surface area contributed by atoms with Crippen molar-refractivity contribution in [3.05, 3.63) is 29.3 Å². The van der Waals surface area contributed by atoms with Gasteiger partial charge in [-0.2, -0.15) is 0 Å². The number of hydrogen-bond acceptors (Lipinski definition) is 3. The summed E-state index contributed by atoms with van der Waals surface area (Å²) in [5.74, 6) is -0.412. The van der Waals surface area contributed by atoms with E-state index in [-0.39, 0.29) is 0 Å². The summed E-state index contributed by atoms with van der Waals surface area (Å²) in [7, 11) is 3.03. The van der Waals surface area contributed by atoms with Crippen LogP contribution in [-0.2, 0) is 21.5 Å². The van der Waals surface area contributed by atoms with Gasteiger partial charge in [-0.15, -0.1) is 0 Å². The first-order valence-electron chi connectivity index (χ1n) is 5.65. The Labute approximate surface area is 105 Å². The molecule has 96 valence electrons. The molecule has 1 aromatic rings. The van der Waals surface area contributed by atoms with Gasteiger partial charge in [-0.05, 0) is 36.1 Å². The van der Waals surface area contributed by atoms with Crippen LogP contribution in [0.3, 0.4) is 0 Å².